The van der Waals surface area contributed by atoms with Crippen LogP contribution in [0.4, 0.5) is 4.79 Å². The number of amides is 2. The van der Waals surface area contributed by atoms with E-state index in [4.69, 9.17) is 0 Å². The van der Waals surface area contributed by atoms with Crippen LogP contribution < -0.4 is 10.6 Å². The lowest BCUT2D eigenvalue weighted by molar-refractivity contribution is 0.235. The number of nitrogens with one attached hydrogen (secondary N) is 2. The average Bonchev–Trinajstić information content (AvgIpc) is 2.81. The Bertz CT molecular complexity index is 609. The predicted octanol–water partition coefficient (Wildman–Crippen LogP) is 1.31. The molecule has 2 N–H and O–H groups in total. The Morgan fingerprint density at radius 3 is 2.65 bits per heavy atom. The first-order valence-electron chi connectivity index (χ1n) is 6.48. The third-order valence-electron chi connectivity index (χ3n) is 3.25. The van der Waals surface area contributed by atoms with Crippen LogP contribution in [0.15, 0.2) is 0 Å². The van der Waals surface area contributed by atoms with E-state index < -0.39 is 9.84 Å². The van der Waals surface area contributed by atoms with E-state index in [1.807, 2.05) is 20.8 Å². The summed E-state index contributed by atoms with van der Waals surface area (Å²) in [5, 5.41) is 6.51. The Morgan fingerprint density at radius 1 is 1.45 bits per heavy atom. The van der Waals surface area contributed by atoms with Gasteiger partial charge in [0.05, 0.1) is 28.2 Å². The Hall–Kier alpha value is -1.15. The zero-order valence-corrected chi connectivity index (χ0v) is 13.4. The van der Waals surface area contributed by atoms with Gasteiger partial charge in [-0.15, -0.1) is 11.3 Å². The number of hydrogen-bond acceptors (Lipinski definition) is 5. The summed E-state index contributed by atoms with van der Waals surface area (Å²) >= 11 is 1.56. The van der Waals surface area contributed by atoms with E-state index in [2.05, 4.69) is 15.6 Å². The summed E-state index contributed by atoms with van der Waals surface area (Å²) in [5.74, 6) is 0.189. The third kappa shape index (κ3) is 3.69. The van der Waals surface area contributed by atoms with Gasteiger partial charge in [0.25, 0.3) is 0 Å². The fraction of sp³-hybridized carbons (Fsp3) is 0.667. The minimum Gasteiger partial charge on any atom is -0.334 e. The van der Waals surface area contributed by atoms with Crippen molar-refractivity contribution in [3.05, 3.63) is 15.6 Å². The molecule has 1 saturated heterocycles. The molecule has 8 heteroatoms. The molecule has 2 heterocycles. The Kier molecular flexibility index (Phi) is 4.33. The van der Waals surface area contributed by atoms with Gasteiger partial charge in [-0.25, -0.2) is 18.2 Å². The molecule has 0 aromatic carbocycles. The second kappa shape index (κ2) is 5.69. The van der Waals surface area contributed by atoms with Crippen LogP contribution in [-0.2, 0) is 9.84 Å². The molecule has 1 aromatic rings. The monoisotopic (exact) mass is 317 g/mol. The molecule has 0 unspecified atom stereocenters. The van der Waals surface area contributed by atoms with Crippen LogP contribution in [-0.4, -0.2) is 37.0 Å². The highest BCUT2D eigenvalue weighted by molar-refractivity contribution is 7.91. The second-order valence-electron chi connectivity index (χ2n) is 5.12. The second-order valence-corrected chi connectivity index (χ2v) is 8.59. The summed E-state index contributed by atoms with van der Waals surface area (Å²) in [4.78, 5) is 17.2. The number of carbonyl (C=O) groups excluding carboxylic acids is 1. The van der Waals surface area contributed by atoms with Crippen molar-refractivity contribution in [3.8, 4) is 0 Å². The van der Waals surface area contributed by atoms with Gasteiger partial charge >= 0.3 is 6.03 Å². The molecule has 2 atom stereocenters. The molecule has 6 nitrogen and oxygen atoms in total. The fourth-order valence-corrected chi connectivity index (χ4v) is 4.95. The van der Waals surface area contributed by atoms with E-state index >= 15 is 0 Å². The van der Waals surface area contributed by atoms with Crippen LogP contribution >= 0.6 is 11.3 Å². The van der Waals surface area contributed by atoms with Crippen molar-refractivity contribution >= 4 is 27.2 Å². The third-order valence-corrected chi connectivity index (χ3v) is 6.27. The van der Waals surface area contributed by atoms with Gasteiger partial charge in [-0.1, -0.05) is 0 Å². The maximum Gasteiger partial charge on any atom is 0.315 e. The van der Waals surface area contributed by atoms with Gasteiger partial charge in [-0.05, 0) is 27.2 Å². The highest BCUT2D eigenvalue weighted by atomic mass is 32.2. The first kappa shape index (κ1) is 15.2. The molecule has 2 rings (SSSR count). The van der Waals surface area contributed by atoms with E-state index in [9.17, 15) is 13.2 Å². The van der Waals surface area contributed by atoms with Crippen LogP contribution in [0.5, 0.6) is 0 Å². The summed E-state index contributed by atoms with van der Waals surface area (Å²) in [5.41, 5.74) is 0.920. The van der Waals surface area contributed by atoms with Crippen LogP contribution in [0.3, 0.4) is 0 Å². The van der Waals surface area contributed by atoms with E-state index in [0.717, 1.165) is 15.6 Å². The molecular weight excluding hydrogens is 298 g/mol. The maximum atomic E-state index is 11.9. The molecule has 0 radical (unpaired) electrons. The van der Waals surface area contributed by atoms with Crippen molar-refractivity contribution < 1.29 is 13.2 Å². The maximum absolute atomic E-state index is 11.9. The number of rotatable bonds is 3. The summed E-state index contributed by atoms with van der Waals surface area (Å²) in [6, 6.07) is -0.749. The quantitative estimate of drug-likeness (QED) is 0.880. The van der Waals surface area contributed by atoms with E-state index in [0.29, 0.717) is 6.42 Å². The normalized spacial score (nSPS) is 22.4. The lowest BCUT2D eigenvalue weighted by Crippen LogP contribution is -2.43. The van der Waals surface area contributed by atoms with E-state index in [1.165, 1.54) is 0 Å². The largest absolute Gasteiger partial charge is 0.334 e. The van der Waals surface area contributed by atoms with Crippen LogP contribution in [0.1, 0.15) is 35.0 Å². The van der Waals surface area contributed by atoms with Crippen molar-refractivity contribution in [3.63, 3.8) is 0 Å². The highest BCUT2D eigenvalue weighted by Crippen LogP contribution is 2.24. The van der Waals surface area contributed by atoms with Crippen LogP contribution in [0.25, 0.3) is 0 Å². The average molecular weight is 317 g/mol. The van der Waals surface area contributed by atoms with Crippen LogP contribution in [0.2, 0.25) is 0 Å². The SMILES string of the molecule is Cc1nc(C)c([C@H](C)NC(=O)N[C@@H]2CCS(=O)(=O)C2)s1. The molecule has 0 aliphatic carbocycles. The lowest BCUT2D eigenvalue weighted by Gasteiger charge is -2.16. The van der Waals surface area contributed by atoms with Gasteiger partial charge in [0.1, 0.15) is 0 Å². The van der Waals surface area contributed by atoms with E-state index in [1.54, 1.807) is 11.3 Å². The molecule has 20 heavy (non-hydrogen) atoms. The standard InChI is InChI=1S/C12H19N3O3S2/c1-7-11(19-9(3)13-7)8(2)14-12(16)15-10-4-5-20(17,18)6-10/h8,10H,4-6H2,1-3H3,(H2,14,15,16)/t8-,10+/m0/s1. The number of urea groups is 1. The Morgan fingerprint density at radius 2 is 2.15 bits per heavy atom. The molecule has 112 valence electrons. The zero-order chi connectivity index (χ0) is 14.9. The van der Waals surface area contributed by atoms with Crippen molar-refractivity contribution in [2.45, 2.75) is 39.3 Å². The van der Waals surface area contributed by atoms with Crippen molar-refractivity contribution in [2.24, 2.45) is 0 Å². The van der Waals surface area contributed by atoms with Gasteiger partial charge in [-0.2, -0.15) is 0 Å². The van der Waals surface area contributed by atoms with Crippen LogP contribution in [0, 0.1) is 13.8 Å². The summed E-state index contributed by atoms with van der Waals surface area (Å²) in [6.45, 7) is 5.74. The zero-order valence-electron chi connectivity index (χ0n) is 11.8. The number of carbonyl (C=O) groups is 1. The Labute approximate surface area is 122 Å². The minimum atomic E-state index is -2.98. The number of sulfone groups is 1. The highest BCUT2D eigenvalue weighted by Gasteiger charge is 2.29. The molecular formula is C12H19N3O3S2. The molecule has 1 aliphatic heterocycles. The van der Waals surface area contributed by atoms with Gasteiger partial charge in [0.15, 0.2) is 9.84 Å². The van der Waals surface area contributed by atoms with Crippen molar-refractivity contribution in [1.82, 2.24) is 15.6 Å². The van der Waals surface area contributed by atoms with E-state index in [-0.39, 0.29) is 29.6 Å². The van der Waals surface area contributed by atoms with Gasteiger partial charge in [0.2, 0.25) is 0 Å². The Balaban J connectivity index is 1.90. The predicted molar refractivity (Wildman–Crippen MR) is 78.7 cm³/mol. The molecule has 0 spiro atoms. The molecule has 1 aliphatic rings. The summed E-state index contributed by atoms with van der Waals surface area (Å²) in [6.07, 6.45) is 0.489. The lowest BCUT2D eigenvalue weighted by atomic mass is 10.2. The number of aromatic nitrogens is 1. The summed E-state index contributed by atoms with van der Waals surface area (Å²) < 4.78 is 22.7. The van der Waals surface area contributed by atoms with Gasteiger partial charge in [-0.3, -0.25) is 0 Å². The topological polar surface area (TPSA) is 88.2 Å². The molecule has 2 amide bonds. The first-order valence-corrected chi connectivity index (χ1v) is 9.12. The first-order chi connectivity index (χ1) is 9.27. The minimum absolute atomic E-state index is 0.0352. The number of thiazole rings is 1. The van der Waals surface area contributed by atoms with Crippen molar-refractivity contribution in [2.75, 3.05) is 11.5 Å². The number of hydrogen-bond donors (Lipinski definition) is 2. The van der Waals surface area contributed by atoms with Gasteiger partial charge < -0.3 is 10.6 Å². The number of nitrogens with zero attached hydrogens (tertiary/aromatic N) is 1. The summed E-state index contributed by atoms with van der Waals surface area (Å²) in [7, 11) is -2.98. The molecule has 0 saturated carbocycles. The molecule has 1 fully saturated rings. The molecule has 0 bridgehead atoms. The smallest absolute Gasteiger partial charge is 0.315 e. The number of aryl methyl sites for hydroxylation is 2. The van der Waals surface area contributed by atoms with Gasteiger partial charge in [0, 0.05) is 10.9 Å². The fourth-order valence-electron chi connectivity index (χ4n) is 2.35. The van der Waals surface area contributed by atoms with Crippen molar-refractivity contribution in [1.29, 1.82) is 0 Å². The molecule has 1 aromatic heterocycles.